The van der Waals surface area contributed by atoms with Crippen LogP contribution in [0.1, 0.15) is 74.9 Å². The van der Waals surface area contributed by atoms with Crippen molar-refractivity contribution in [1.82, 2.24) is 54.3 Å². The van der Waals surface area contributed by atoms with Crippen LogP contribution in [0.15, 0.2) is 79.5 Å². The van der Waals surface area contributed by atoms with E-state index >= 15 is 0 Å². The van der Waals surface area contributed by atoms with Crippen LogP contribution in [0.4, 0.5) is 9.59 Å². The average molecular weight is 804 g/mol. The molecule has 2 aromatic carbocycles. The van der Waals surface area contributed by atoms with Crippen molar-refractivity contribution in [3.8, 4) is 34.1 Å². The molecular formula is C41H45N11O7. The summed E-state index contributed by atoms with van der Waals surface area (Å²) >= 11 is 0. The highest BCUT2D eigenvalue weighted by Gasteiger charge is 2.39. The van der Waals surface area contributed by atoms with E-state index in [4.69, 9.17) is 4.74 Å². The van der Waals surface area contributed by atoms with Crippen LogP contribution in [0.25, 0.3) is 34.1 Å². The van der Waals surface area contributed by atoms with Gasteiger partial charge in [0.2, 0.25) is 11.7 Å². The number of likely N-dealkylation sites (tertiary alicyclic amines) is 2. The van der Waals surface area contributed by atoms with Crippen LogP contribution in [-0.4, -0.2) is 104 Å². The zero-order valence-corrected chi connectivity index (χ0v) is 32.7. The predicted octanol–water partition coefficient (Wildman–Crippen LogP) is 5.33. The number of imidazole rings is 4. The maximum Gasteiger partial charge on any atom is 0.407 e. The van der Waals surface area contributed by atoms with Gasteiger partial charge in [0.05, 0.1) is 60.6 Å². The van der Waals surface area contributed by atoms with Crippen molar-refractivity contribution < 1.29 is 34.1 Å². The molecule has 4 amide bonds. The van der Waals surface area contributed by atoms with E-state index in [0.717, 1.165) is 18.5 Å². The van der Waals surface area contributed by atoms with Gasteiger partial charge in [-0.2, -0.15) is 0 Å². The van der Waals surface area contributed by atoms with E-state index in [1.54, 1.807) is 77.3 Å². The van der Waals surface area contributed by atoms with Gasteiger partial charge >= 0.3 is 12.2 Å². The molecule has 306 valence electrons. The third-order valence-corrected chi connectivity index (χ3v) is 11.1. The molecule has 2 fully saturated rings. The maximum atomic E-state index is 14.0. The summed E-state index contributed by atoms with van der Waals surface area (Å²) < 4.78 is 8.46. The maximum absolute atomic E-state index is 14.0. The molecular weight excluding hydrogens is 759 g/mol. The predicted molar refractivity (Wildman–Crippen MR) is 213 cm³/mol. The Hall–Kier alpha value is -7.11. The number of carbonyl (C=O) groups is 4. The summed E-state index contributed by atoms with van der Waals surface area (Å²) in [6, 6.07) is 11.9. The van der Waals surface area contributed by atoms with Crippen LogP contribution in [0.2, 0.25) is 0 Å². The Morgan fingerprint density at radius 1 is 0.831 bits per heavy atom. The standard InChI is InChI=1S/C41H45N11O7/c1-23(2)33(47-40(56)57)37(54)49-15-7-11-29(49)35-42-20-26(45-35)25-13-14-28(32(53)19-25)51-17-18-52-31(22-44-39(51)52)27-21-43-36(46-27)30-12-8-16-50(30)38(55)34(48-41(58)59-3)24-9-5-4-6-10-24/h4-6,9-10,13-14,17-23,29-30,33-34,47,53H,7-8,11-12,15-16H2,1-3H3,(H,42,45)(H,43,46)(H,48,58)(H,56,57)/t29?,30?,33-,34+/m0/s1. The molecule has 0 bridgehead atoms. The normalized spacial score (nSPS) is 17.7. The van der Waals surface area contributed by atoms with Gasteiger partial charge in [-0.05, 0) is 49.3 Å². The number of nitrogens with zero attached hydrogens (tertiary/aromatic N) is 7. The molecule has 6 heterocycles. The lowest BCUT2D eigenvalue weighted by atomic mass is 10.0. The number of hydrogen-bond acceptors (Lipinski definition) is 9. The number of carboxylic acid groups (broad SMARTS) is 1. The number of aromatic nitrogens is 7. The van der Waals surface area contributed by atoms with Crippen LogP contribution >= 0.6 is 0 Å². The molecule has 2 aliphatic heterocycles. The van der Waals surface area contributed by atoms with E-state index in [9.17, 15) is 29.4 Å². The summed E-state index contributed by atoms with van der Waals surface area (Å²) in [6.07, 6.45) is 9.67. The molecule has 0 radical (unpaired) electrons. The van der Waals surface area contributed by atoms with Crippen LogP contribution in [0.5, 0.6) is 5.75 Å². The number of hydrogen-bond donors (Lipinski definition) is 6. The minimum absolute atomic E-state index is 0.00352. The number of ether oxygens (including phenoxy) is 1. The molecule has 4 aromatic heterocycles. The number of fused-ring (bicyclic) bond motifs is 1. The Bertz CT molecular complexity index is 2500. The summed E-state index contributed by atoms with van der Waals surface area (Å²) in [5, 5.41) is 25.7. The molecule has 6 aromatic rings. The van der Waals surface area contributed by atoms with Crippen molar-refractivity contribution in [2.24, 2.45) is 5.92 Å². The highest BCUT2D eigenvalue weighted by Crippen LogP contribution is 2.36. The van der Waals surface area contributed by atoms with Gasteiger partial charge < -0.3 is 45.4 Å². The third kappa shape index (κ3) is 7.44. The largest absolute Gasteiger partial charge is 0.506 e. The first-order chi connectivity index (χ1) is 28.5. The number of alkyl carbamates (subject to hydrolysis) is 1. The molecule has 59 heavy (non-hydrogen) atoms. The zero-order valence-electron chi connectivity index (χ0n) is 32.7. The number of H-pyrrole nitrogens is 2. The van der Waals surface area contributed by atoms with Crippen molar-refractivity contribution >= 4 is 29.8 Å². The molecule has 0 aliphatic carbocycles. The first-order valence-electron chi connectivity index (χ1n) is 19.5. The number of aromatic hydroxyl groups is 1. The quantitative estimate of drug-likeness (QED) is 0.0987. The van der Waals surface area contributed by atoms with Gasteiger partial charge in [0, 0.05) is 31.0 Å². The Kier molecular flexibility index (Phi) is 10.5. The summed E-state index contributed by atoms with van der Waals surface area (Å²) in [5.41, 5.74) is 3.89. The summed E-state index contributed by atoms with van der Waals surface area (Å²) in [7, 11) is 1.26. The summed E-state index contributed by atoms with van der Waals surface area (Å²) in [4.78, 5) is 75.1. The van der Waals surface area contributed by atoms with Crippen LogP contribution in [0, 0.1) is 5.92 Å². The highest BCUT2D eigenvalue weighted by atomic mass is 16.5. The fourth-order valence-corrected chi connectivity index (χ4v) is 8.18. The first-order valence-corrected chi connectivity index (χ1v) is 19.5. The first kappa shape index (κ1) is 38.7. The van der Waals surface area contributed by atoms with Gasteiger partial charge in [-0.1, -0.05) is 50.2 Å². The van der Waals surface area contributed by atoms with E-state index in [0.29, 0.717) is 71.6 Å². The Balaban J connectivity index is 0.992. The van der Waals surface area contributed by atoms with Gasteiger partial charge in [-0.15, -0.1) is 0 Å². The number of phenols is 1. The lowest BCUT2D eigenvalue weighted by molar-refractivity contribution is -0.135. The van der Waals surface area contributed by atoms with Gasteiger partial charge in [-0.25, -0.2) is 24.5 Å². The van der Waals surface area contributed by atoms with E-state index in [-0.39, 0.29) is 35.6 Å². The Morgan fingerprint density at radius 2 is 1.49 bits per heavy atom. The molecule has 2 saturated heterocycles. The number of benzene rings is 2. The number of aromatic amines is 2. The van der Waals surface area contributed by atoms with E-state index in [2.05, 4.69) is 35.6 Å². The molecule has 0 spiro atoms. The molecule has 8 rings (SSSR count). The third-order valence-electron chi connectivity index (χ3n) is 11.1. The van der Waals surface area contributed by atoms with Crippen molar-refractivity contribution in [1.29, 1.82) is 0 Å². The lowest BCUT2D eigenvalue weighted by Gasteiger charge is -2.29. The molecule has 18 nitrogen and oxygen atoms in total. The molecule has 0 saturated carbocycles. The number of methoxy groups -OCH3 is 1. The van der Waals surface area contributed by atoms with Crippen LogP contribution in [0.3, 0.4) is 0 Å². The highest BCUT2D eigenvalue weighted by molar-refractivity contribution is 5.88. The second-order valence-corrected chi connectivity index (χ2v) is 15.1. The molecule has 6 N–H and O–H groups in total. The Labute approximate surface area is 338 Å². The molecule has 2 aliphatic rings. The monoisotopic (exact) mass is 803 g/mol. The minimum Gasteiger partial charge on any atom is -0.506 e. The second-order valence-electron chi connectivity index (χ2n) is 15.1. The van der Waals surface area contributed by atoms with Gasteiger partial charge in [-0.3, -0.25) is 18.6 Å². The number of phenolic OH excluding ortho intramolecular Hbond substituents is 1. The van der Waals surface area contributed by atoms with E-state index in [1.165, 1.54) is 7.11 Å². The van der Waals surface area contributed by atoms with E-state index < -0.39 is 24.3 Å². The van der Waals surface area contributed by atoms with Crippen molar-refractivity contribution in [2.75, 3.05) is 20.2 Å². The van der Waals surface area contributed by atoms with Crippen molar-refractivity contribution in [3.63, 3.8) is 0 Å². The number of amides is 4. The van der Waals surface area contributed by atoms with Crippen LogP contribution < -0.4 is 10.6 Å². The minimum atomic E-state index is -1.24. The molecule has 4 atom stereocenters. The van der Waals surface area contributed by atoms with Gasteiger partial charge in [0.15, 0.2) is 0 Å². The number of carbonyl (C=O) groups excluding carboxylic acids is 3. The number of nitrogens with one attached hydrogen (secondary N) is 4. The fourth-order valence-electron chi connectivity index (χ4n) is 8.18. The second kappa shape index (κ2) is 16.0. The lowest BCUT2D eigenvalue weighted by Crippen LogP contribution is -2.50. The fraction of sp³-hybridized carbons (Fsp3) is 0.341. The Morgan fingerprint density at radius 3 is 2.14 bits per heavy atom. The van der Waals surface area contributed by atoms with Crippen LogP contribution in [-0.2, 0) is 14.3 Å². The van der Waals surface area contributed by atoms with Crippen molar-refractivity contribution in [3.05, 3.63) is 96.7 Å². The zero-order chi connectivity index (χ0) is 41.4. The molecule has 2 unspecified atom stereocenters. The summed E-state index contributed by atoms with van der Waals surface area (Å²) in [6.45, 7) is 4.60. The average Bonchev–Trinajstić information content (AvgIpc) is 4.08. The number of rotatable bonds is 11. The van der Waals surface area contributed by atoms with Crippen molar-refractivity contribution in [2.45, 2.75) is 63.7 Å². The summed E-state index contributed by atoms with van der Waals surface area (Å²) in [5.74, 6) is 0.978. The SMILES string of the molecule is COC(=O)N[C@@H](C(=O)N1CCCC1c1ncc(-c2cnc3n(-c4ccc(-c5cnc(C6CCCN6C(=O)[C@@H](NC(=O)O)C(C)C)[nH]5)cc4O)ccn23)[nH]1)c1ccccc1. The van der Waals surface area contributed by atoms with E-state index in [1.807, 2.05) is 34.9 Å². The topological polar surface area (TPSA) is 228 Å². The van der Waals surface area contributed by atoms with Gasteiger partial charge in [0.25, 0.3) is 5.91 Å². The smallest absolute Gasteiger partial charge is 0.407 e. The van der Waals surface area contributed by atoms with Gasteiger partial charge in [0.1, 0.15) is 29.5 Å². The molecule has 18 heteroatoms.